The first-order chi connectivity index (χ1) is 10.8. The highest BCUT2D eigenvalue weighted by Gasteiger charge is 2.30. The van der Waals surface area contributed by atoms with E-state index in [1.807, 2.05) is 59.5 Å². The van der Waals surface area contributed by atoms with E-state index in [9.17, 15) is 4.79 Å². The molecular weight excluding hydrogens is 276 g/mol. The van der Waals surface area contributed by atoms with Crippen molar-refractivity contribution in [3.8, 4) is 5.75 Å². The molecule has 0 atom stereocenters. The Morgan fingerprint density at radius 1 is 1.14 bits per heavy atom. The maximum Gasteiger partial charge on any atom is 0.232 e. The first kappa shape index (κ1) is 14.6. The molecule has 1 heterocycles. The largest absolute Gasteiger partial charge is 0.497 e. The van der Waals surface area contributed by atoms with Gasteiger partial charge in [0.25, 0.3) is 0 Å². The van der Waals surface area contributed by atoms with Gasteiger partial charge in [-0.15, -0.1) is 0 Å². The fourth-order valence-corrected chi connectivity index (χ4v) is 2.51. The van der Waals surface area contributed by atoms with Crippen molar-refractivity contribution < 1.29 is 9.53 Å². The van der Waals surface area contributed by atoms with Crippen LogP contribution in [0, 0.1) is 5.92 Å². The van der Waals surface area contributed by atoms with Gasteiger partial charge in [0, 0.05) is 18.8 Å². The molecule has 114 valence electrons. The zero-order chi connectivity index (χ0) is 15.4. The van der Waals surface area contributed by atoms with Crippen molar-refractivity contribution in [2.45, 2.75) is 6.54 Å². The predicted molar refractivity (Wildman–Crippen MR) is 87.0 cm³/mol. The highest BCUT2D eigenvalue weighted by atomic mass is 16.5. The second-order valence-corrected chi connectivity index (χ2v) is 5.46. The number of hydrogen-bond donors (Lipinski definition) is 1. The SMILES string of the molecule is COc1ccc(N(Cc2ccccc2)C(=O)C2CNC2)cc1. The monoisotopic (exact) mass is 296 g/mol. The highest BCUT2D eigenvalue weighted by Crippen LogP contribution is 2.24. The minimum atomic E-state index is 0.0748. The summed E-state index contributed by atoms with van der Waals surface area (Å²) in [6.45, 7) is 2.11. The molecule has 2 aromatic carbocycles. The van der Waals surface area contributed by atoms with E-state index in [1.165, 1.54) is 0 Å². The smallest absolute Gasteiger partial charge is 0.232 e. The Kier molecular flexibility index (Phi) is 4.39. The molecule has 0 aliphatic carbocycles. The van der Waals surface area contributed by atoms with Crippen molar-refractivity contribution in [1.82, 2.24) is 5.32 Å². The summed E-state index contributed by atoms with van der Waals surface area (Å²) in [4.78, 5) is 14.6. The highest BCUT2D eigenvalue weighted by molar-refractivity contribution is 5.95. The molecule has 1 aliphatic rings. The maximum absolute atomic E-state index is 12.7. The van der Waals surface area contributed by atoms with Gasteiger partial charge in [-0.1, -0.05) is 30.3 Å². The minimum absolute atomic E-state index is 0.0748. The molecule has 22 heavy (non-hydrogen) atoms. The van der Waals surface area contributed by atoms with Crippen LogP contribution >= 0.6 is 0 Å². The predicted octanol–water partition coefficient (Wildman–Crippen LogP) is 2.45. The molecule has 0 spiro atoms. The van der Waals surface area contributed by atoms with Gasteiger partial charge in [0.1, 0.15) is 5.75 Å². The maximum atomic E-state index is 12.7. The Balaban J connectivity index is 1.85. The van der Waals surface area contributed by atoms with Gasteiger partial charge < -0.3 is 15.0 Å². The third-order valence-corrected chi connectivity index (χ3v) is 3.96. The van der Waals surface area contributed by atoms with Crippen molar-refractivity contribution >= 4 is 11.6 Å². The summed E-state index contributed by atoms with van der Waals surface area (Å²) >= 11 is 0. The summed E-state index contributed by atoms with van der Waals surface area (Å²) in [5.41, 5.74) is 2.03. The van der Waals surface area contributed by atoms with Gasteiger partial charge in [-0.3, -0.25) is 4.79 Å². The van der Waals surface area contributed by atoms with E-state index in [1.54, 1.807) is 7.11 Å². The third-order valence-electron chi connectivity index (χ3n) is 3.96. The Morgan fingerprint density at radius 2 is 1.82 bits per heavy atom. The molecule has 0 radical (unpaired) electrons. The summed E-state index contributed by atoms with van der Waals surface area (Å²) in [7, 11) is 1.64. The van der Waals surface area contributed by atoms with Crippen molar-refractivity contribution in [2.75, 3.05) is 25.1 Å². The molecule has 0 unspecified atom stereocenters. The normalized spacial score (nSPS) is 14.2. The van der Waals surface area contributed by atoms with E-state index < -0.39 is 0 Å². The lowest BCUT2D eigenvalue weighted by atomic mass is 10.0. The molecule has 1 fully saturated rings. The number of carbonyl (C=O) groups excluding carboxylic acids is 1. The molecule has 1 N–H and O–H groups in total. The van der Waals surface area contributed by atoms with Gasteiger partial charge >= 0.3 is 0 Å². The molecule has 0 bridgehead atoms. The van der Waals surface area contributed by atoms with Gasteiger partial charge in [-0.05, 0) is 29.8 Å². The van der Waals surface area contributed by atoms with Crippen molar-refractivity contribution in [2.24, 2.45) is 5.92 Å². The molecule has 3 rings (SSSR count). The fourth-order valence-electron chi connectivity index (χ4n) is 2.51. The number of amides is 1. The van der Waals surface area contributed by atoms with E-state index >= 15 is 0 Å². The molecule has 1 saturated heterocycles. The van der Waals surface area contributed by atoms with Crippen LogP contribution in [0.4, 0.5) is 5.69 Å². The Hall–Kier alpha value is -2.33. The number of benzene rings is 2. The van der Waals surface area contributed by atoms with Crippen molar-refractivity contribution in [1.29, 1.82) is 0 Å². The second-order valence-electron chi connectivity index (χ2n) is 5.46. The van der Waals surface area contributed by atoms with Crippen molar-refractivity contribution in [3.63, 3.8) is 0 Å². The molecule has 1 amide bonds. The number of ether oxygens (including phenoxy) is 1. The summed E-state index contributed by atoms with van der Waals surface area (Å²) in [6, 6.07) is 17.7. The summed E-state index contributed by atoms with van der Waals surface area (Å²) in [5, 5.41) is 3.16. The van der Waals surface area contributed by atoms with Crippen LogP contribution in [0.3, 0.4) is 0 Å². The lowest BCUT2D eigenvalue weighted by Crippen LogP contribution is -2.52. The molecule has 1 aliphatic heterocycles. The zero-order valence-corrected chi connectivity index (χ0v) is 12.7. The standard InChI is InChI=1S/C18H20N2O2/c1-22-17-9-7-16(8-10-17)20(18(21)15-11-19-12-15)13-14-5-3-2-4-6-14/h2-10,15,19H,11-13H2,1H3. The van der Waals surface area contributed by atoms with Crippen LogP contribution in [0.5, 0.6) is 5.75 Å². The van der Waals surface area contributed by atoms with Gasteiger partial charge in [0.05, 0.1) is 19.6 Å². The Labute approximate surface area is 130 Å². The molecule has 0 aromatic heterocycles. The molecular formula is C18H20N2O2. The van der Waals surface area contributed by atoms with Gasteiger partial charge in [0.2, 0.25) is 5.91 Å². The van der Waals surface area contributed by atoms with E-state index in [2.05, 4.69) is 5.32 Å². The minimum Gasteiger partial charge on any atom is -0.497 e. The lowest BCUT2D eigenvalue weighted by molar-refractivity contribution is -0.123. The Morgan fingerprint density at radius 3 is 2.36 bits per heavy atom. The molecule has 2 aromatic rings. The quantitative estimate of drug-likeness (QED) is 0.921. The number of rotatable bonds is 5. The third kappa shape index (κ3) is 3.12. The number of carbonyl (C=O) groups is 1. The van der Waals surface area contributed by atoms with Crippen LogP contribution in [-0.4, -0.2) is 26.1 Å². The van der Waals surface area contributed by atoms with Gasteiger partial charge in [0.15, 0.2) is 0 Å². The number of nitrogens with one attached hydrogen (secondary N) is 1. The van der Waals surface area contributed by atoms with Gasteiger partial charge in [-0.25, -0.2) is 0 Å². The van der Waals surface area contributed by atoms with Crippen LogP contribution < -0.4 is 15.0 Å². The van der Waals surface area contributed by atoms with Gasteiger partial charge in [-0.2, -0.15) is 0 Å². The van der Waals surface area contributed by atoms with E-state index in [4.69, 9.17) is 4.74 Å². The molecule has 4 nitrogen and oxygen atoms in total. The lowest BCUT2D eigenvalue weighted by Gasteiger charge is -2.32. The molecule has 0 saturated carbocycles. The van der Waals surface area contributed by atoms with E-state index in [0.717, 1.165) is 30.1 Å². The zero-order valence-electron chi connectivity index (χ0n) is 12.7. The first-order valence-electron chi connectivity index (χ1n) is 7.48. The van der Waals surface area contributed by atoms with Crippen LogP contribution in [0.2, 0.25) is 0 Å². The van der Waals surface area contributed by atoms with Crippen molar-refractivity contribution in [3.05, 3.63) is 60.2 Å². The summed E-state index contributed by atoms with van der Waals surface area (Å²) in [6.07, 6.45) is 0. The summed E-state index contributed by atoms with van der Waals surface area (Å²) in [5.74, 6) is 1.04. The number of anilines is 1. The number of hydrogen-bond acceptors (Lipinski definition) is 3. The number of methoxy groups -OCH3 is 1. The average Bonchev–Trinajstić information content (AvgIpc) is 2.52. The Bertz CT molecular complexity index is 621. The summed E-state index contributed by atoms with van der Waals surface area (Å²) < 4.78 is 5.19. The van der Waals surface area contributed by atoms with Crippen LogP contribution in [-0.2, 0) is 11.3 Å². The first-order valence-corrected chi connectivity index (χ1v) is 7.48. The van der Waals surface area contributed by atoms with E-state index in [0.29, 0.717) is 6.54 Å². The molecule has 4 heteroatoms. The fraction of sp³-hybridized carbons (Fsp3) is 0.278. The number of nitrogens with zero attached hydrogens (tertiary/aromatic N) is 1. The van der Waals surface area contributed by atoms with Crippen LogP contribution in [0.15, 0.2) is 54.6 Å². The second kappa shape index (κ2) is 6.62. The van der Waals surface area contributed by atoms with Crippen LogP contribution in [0.25, 0.3) is 0 Å². The van der Waals surface area contributed by atoms with E-state index in [-0.39, 0.29) is 11.8 Å². The topological polar surface area (TPSA) is 41.6 Å². The van der Waals surface area contributed by atoms with Crippen LogP contribution in [0.1, 0.15) is 5.56 Å². The average molecular weight is 296 g/mol.